The highest BCUT2D eigenvalue weighted by Crippen LogP contribution is 2.27. The van der Waals surface area contributed by atoms with Crippen LogP contribution in [0.1, 0.15) is 219 Å². The van der Waals surface area contributed by atoms with Gasteiger partial charge in [0.25, 0.3) is 0 Å². The lowest BCUT2D eigenvalue weighted by molar-refractivity contribution is -0.332. The molecule has 2 aliphatic heterocycles. The molecule has 0 bridgehead atoms. The van der Waals surface area contributed by atoms with Gasteiger partial charge in [-0.05, 0) is 44.9 Å². The molecule has 0 aromatic heterocycles. The Morgan fingerprint density at radius 1 is 0.479 bits per heavy atom. The van der Waals surface area contributed by atoms with Gasteiger partial charge in [-0.2, -0.15) is 0 Å². The summed E-state index contributed by atoms with van der Waals surface area (Å²) >= 11 is 0. The molecule has 0 amide bonds. The standard InChI is InChI=1S/C57H104O14/c1-3-5-7-9-11-13-15-17-19-20-21-22-23-24-25-26-27-28-30-32-34-36-38-40-49(59)69-46(43-66-41-39-37-35-33-31-29-18-16-14-12-10-8-6-4-2)44-67-56-55(65)53(63)51(61)48(71-56)45-68-57-54(64)52(62)50(60)47(42-58)70-57/h6,8,12,14,18,29,46-48,50-58,60-65H,3-5,7,9-11,13,15-17,19-28,30-45H2,1-2H3/b8-6-,14-12-,29-18-. The molecule has 2 rings (SSSR count). The zero-order valence-corrected chi connectivity index (χ0v) is 44.5. The summed E-state index contributed by atoms with van der Waals surface area (Å²) in [5.74, 6) is -0.381. The lowest BCUT2D eigenvalue weighted by Gasteiger charge is -2.42. The quantitative estimate of drug-likeness (QED) is 0.0172. The van der Waals surface area contributed by atoms with Crippen LogP contribution >= 0.6 is 0 Å². The predicted octanol–water partition coefficient (Wildman–Crippen LogP) is 9.75. The van der Waals surface area contributed by atoms with Crippen molar-refractivity contribution in [3.63, 3.8) is 0 Å². The zero-order chi connectivity index (χ0) is 51.6. The van der Waals surface area contributed by atoms with E-state index in [4.69, 9.17) is 28.4 Å². The summed E-state index contributed by atoms with van der Waals surface area (Å²) in [7, 11) is 0. The van der Waals surface area contributed by atoms with E-state index in [1.165, 1.54) is 122 Å². The highest BCUT2D eigenvalue weighted by atomic mass is 16.7. The molecule has 0 saturated carbocycles. The summed E-state index contributed by atoms with van der Waals surface area (Å²) in [5.41, 5.74) is 0. The van der Waals surface area contributed by atoms with E-state index in [0.717, 1.165) is 70.6 Å². The van der Waals surface area contributed by atoms with Crippen LogP contribution in [-0.2, 0) is 33.2 Å². The summed E-state index contributed by atoms with van der Waals surface area (Å²) in [4.78, 5) is 13.1. The van der Waals surface area contributed by atoms with E-state index in [1.807, 2.05) is 0 Å². The fraction of sp³-hybridized carbons (Fsp3) is 0.877. The topological polar surface area (TPSA) is 214 Å². The van der Waals surface area contributed by atoms with Gasteiger partial charge in [-0.25, -0.2) is 0 Å². The van der Waals surface area contributed by atoms with Gasteiger partial charge in [0, 0.05) is 13.0 Å². The minimum absolute atomic E-state index is 0.0489. The van der Waals surface area contributed by atoms with Crippen LogP contribution < -0.4 is 0 Å². The van der Waals surface area contributed by atoms with Crippen molar-refractivity contribution in [2.75, 3.05) is 33.0 Å². The van der Waals surface area contributed by atoms with Crippen molar-refractivity contribution >= 4 is 5.97 Å². The number of rotatable bonds is 46. The van der Waals surface area contributed by atoms with E-state index in [9.17, 15) is 40.5 Å². The molecule has 2 fully saturated rings. The fourth-order valence-corrected chi connectivity index (χ4v) is 9.07. The average Bonchev–Trinajstić information content (AvgIpc) is 3.37. The number of hydrogen-bond donors (Lipinski definition) is 7. The summed E-state index contributed by atoms with van der Waals surface area (Å²) in [5, 5.41) is 72.2. The number of carbonyl (C=O) groups is 1. The lowest BCUT2D eigenvalue weighted by atomic mass is 9.98. The van der Waals surface area contributed by atoms with E-state index in [0.29, 0.717) is 13.0 Å². The number of ether oxygens (including phenoxy) is 6. The minimum atomic E-state index is -1.71. The van der Waals surface area contributed by atoms with Crippen LogP contribution in [0, 0.1) is 0 Å². The van der Waals surface area contributed by atoms with Crippen LogP contribution in [0.3, 0.4) is 0 Å². The van der Waals surface area contributed by atoms with Crippen LogP contribution in [0.15, 0.2) is 36.5 Å². The number of allylic oxidation sites excluding steroid dienone is 6. The zero-order valence-electron chi connectivity index (χ0n) is 44.5. The third kappa shape index (κ3) is 31.6. The molecule has 11 unspecified atom stereocenters. The molecular weight excluding hydrogens is 909 g/mol. The molecule has 14 heteroatoms. The molecule has 416 valence electrons. The van der Waals surface area contributed by atoms with Crippen LogP contribution in [0.2, 0.25) is 0 Å². The molecule has 0 aliphatic carbocycles. The Morgan fingerprint density at radius 2 is 0.915 bits per heavy atom. The van der Waals surface area contributed by atoms with Crippen LogP contribution in [0.4, 0.5) is 0 Å². The molecular formula is C57H104O14. The summed E-state index contributed by atoms with van der Waals surface area (Å²) in [6.45, 7) is 3.55. The highest BCUT2D eigenvalue weighted by Gasteiger charge is 2.47. The van der Waals surface area contributed by atoms with Crippen molar-refractivity contribution in [1.29, 1.82) is 0 Å². The lowest BCUT2D eigenvalue weighted by Crippen LogP contribution is -2.61. The van der Waals surface area contributed by atoms with Crippen molar-refractivity contribution in [2.45, 2.75) is 287 Å². The molecule has 71 heavy (non-hydrogen) atoms. The summed E-state index contributed by atoms with van der Waals surface area (Å²) in [6.07, 6.45) is 35.0. The van der Waals surface area contributed by atoms with Crippen molar-refractivity contribution in [3.8, 4) is 0 Å². The Labute approximate surface area is 429 Å². The first kappa shape index (κ1) is 65.3. The van der Waals surface area contributed by atoms with Gasteiger partial charge in [-0.1, -0.05) is 204 Å². The average molecular weight is 1010 g/mol. The minimum Gasteiger partial charge on any atom is -0.457 e. The van der Waals surface area contributed by atoms with Gasteiger partial charge in [0.2, 0.25) is 0 Å². The van der Waals surface area contributed by atoms with Gasteiger partial charge in [-0.3, -0.25) is 4.79 Å². The first-order valence-corrected chi connectivity index (χ1v) is 28.6. The van der Waals surface area contributed by atoms with Gasteiger partial charge < -0.3 is 64.2 Å². The summed E-state index contributed by atoms with van der Waals surface area (Å²) < 4.78 is 34.3. The second kappa shape index (κ2) is 44.5. The Hall–Kier alpha value is -1.79. The van der Waals surface area contributed by atoms with Crippen LogP contribution in [0.25, 0.3) is 0 Å². The van der Waals surface area contributed by atoms with Crippen molar-refractivity contribution in [1.82, 2.24) is 0 Å². The van der Waals surface area contributed by atoms with Crippen molar-refractivity contribution in [3.05, 3.63) is 36.5 Å². The highest BCUT2D eigenvalue weighted by molar-refractivity contribution is 5.69. The normalized spacial score (nSPS) is 25.5. The van der Waals surface area contributed by atoms with Crippen molar-refractivity contribution < 1.29 is 69.0 Å². The van der Waals surface area contributed by atoms with Gasteiger partial charge >= 0.3 is 5.97 Å². The number of unbranched alkanes of at least 4 members (excludes halogenated alkanes) is 26. The fourth-order valence-electron chi connectivity index (χ4n) is 9.07. The maximum atomic E-state index is 13.1. The Kier molecular flexibility index (Phi) is 40.9. The van der Waals surface area contributed by atoms with E-state index in [-0.39, 0.29) is 25.6 Å². The molecule has 2 aliphatic rings. The number of carbonyl (C=O) groups excluding carboxylic acids is 1. The summed E-state index contributed by atoms with van der Waals surface area (Å²) in [6, 6.07) is 0. The maximum absolute atomic E-state index is 13.1. The monoisotopic (exact) mass is 1010 g/mol. The molecule has 2 saturated heterocycles. The molecule has 0 spiro atoms. The van der Waals surface area contributed by atoms with E-state index >= 15 is 0 Å². The second-order valence-corrected chi connectivity index (χ2v) is 20.1. The van der Waals surface area contributed by atoms with E-state index < -0.39 is 80.7 Å². The molecule has 7 N–H and O–H groups in total. The SMILES string of the molecule is CC/C=C\C/C=C\C/C=C\CCCCCCOCC(COC1OC(COC2OC(CO)C(O)C(O)C2O)C(O)C(O)C1O)OC(=O)CCCCCCCCCCCCCCCCCCCCCCCCC. The smallest absolute Gasteiger partial charge is 0.306 e. The first-order chi connectivity index (χ1) is 34.6. The largest absolute Gasteiger partial charge is 0.457 e. The van der Waals surface area contributed by atoms with E-state index in [1.54, 1.807) is 0 Å². The number of hydrogen-bond acceptors (Lipinski definition) is 14. The second-order valence-electron chi connectivity index (χ2n) is 20.1. The van der Waals surface area contributed by atoms with Gasteiger partial charge in [0.1, 0.15) is 54.9 Å². The third-order valence-electron chi connectivity index (χ3n) is 13.7. The molecule has 14 nitrogen and oxygen atoms in total. The molecule has 2 heterocycles. The molecule has 0 aromatic carbocycles. The van der Waals surface area contributed by atoms with Crippen LogP contribution in [-0.4, -0.2) is 142 Å². The number of aliphatic hydroxyl groups excluding tert-OH is 7. The van der Waals surface area contributed by atoms with Gasteiger partial charge in [0.05, 0.1) is 26.4 Å². The molecule has 0 aromatic rings. The van der Waals surface area contributed by atoms with Gasteiger partial charge in [-0.15, -0.1) is 0 Å². The Morgan fingerprint density at radius 3 is 1.44 bits per heavy atom. The number of aliphatic hydroxyl groups is 7. The van der Waals surface area contributed by atoms with Gasteiger partial charge in [0.15, 0.2) is 12.6 Å². The predicted molar refractivity (Wildman–Crippen MR) is 280 cm³/mol. The number of esters is 1. The molecule has 0 radical (unpaired) electrons. The Bertz CT molecular complexity index is 1310. The Balaban J connectivity index is 1.70. The van der Waals surface area contributed by atoms with E-state index in [2.05, 4.69) is 50.3 Å². The third-order valence-corrected chi connectivity index (χ3v) is 13.7. The first-order valence-electron chi connectivity index (χ1n) is 28.6. The van der Waals surface area contributed by atoms with Crippen molar-refractivity contribution in [2.24, 2.45) is 0 Å². The maximum Gasteiger partial charge on any atom is 0.306 e. The van der Waals surface area contributed by atoms with Crippen LogP contribution in [0.5, 0.6) is 0 Å². The molecule has 11 atom stereocenters.